The van der Waals surface area contributed by atoms with Crippen LogP contribution in [-0.4, -0.2) is 22.0 Å². The number of hydrogen-bond donors (Lipinski definition) is 2. The van der Waals surface area contributed by atoms with Crippen molar-refractivity contribution in [3.05, 3.63) is 0 Å². The lowest BCUT2D eigenvalue weighted by molar-refractivity contribution is -0.155. The number of aliphatic carboxylic acids is 1. The molecule has 0 spiro atoms. The van der Waals surface area contributed by atoms with E-state index in [9.17, 15) is 4.79 Å². The van der Waals surface area contributed by atoms with Crippen molar-refractivity contribution in [2.24, 2.45) is 22.4 Å². The summed E-state index contributed by atoms with van der Waals surface area (Å²) in [5.41, 5.74) is 0.338. The Hall–Kier alpha value is -1.06. The van der Waals surface area contributed by atoms with Crippen LogP contribution in [0.2, 0.25) is 0 Å². The minimum atomic E-state index is -0.757. The highest BCUT2D eigenvalue weighted by Gasteiger charge is 2.53. The molecule has 4 heteroatoms. The Bertz CT molecular complexity index is 258. The Morgan fingerprint density at radius 3 is 2.31 bits per heavy atom. The average molecular weight is 185 g/mol. The van der Waals surface area contributed by atoms with Crippen molar-refractivity contribution in [3.8, 4) is 0 Å². The molecule has 0 radical (unpaired) electrons. The van der Waals surface area contributed by atoms with Gasteiger partial charge in [0.1, 0.15) is 0 Å². The van der Waals surface area contributed by atoms with Crippen LogP contribution in [0.5, 0.6) is 0 Å². The fourth-order valence-corrected chi connectivity index (χ4v) is 2.12. The summed E-state index contributed by atoms with van der Waals surface area (Å²) in [7, 11) is 0. The molecule has 2 atom stereocenters. The van der Waals surface area contributed by atoms with Gasteiger partial charge in [0.2, 0.25) is 0 Å². The van der Waals surface area contributed by atoms with E-state index in [0.717, 1.165) is 0 Å². The molecule has 0 aromatic heterocycles. The van der Waals surface area contributed by atoms with Crippen molar-refractivity contribution in [2.45, 2.75) is 27.2 Å². The average Bonchev–Trinajstić information content (AvgIpc) is 2.01. The summed E-state index contributed by atoms with van der Waals surface area (Å²) in [4.78, 5) is 10.8. The largest absolute Gasteiger partial charge is 0.481 e. The molecule has 0 aromatic rings. The molecule has 1 rings (SSSR count). The molecule has 1 aliphatic carbocycles. The molecule has 13 heavy (non-hydrogen) atoms. The van der Waals surface area contributed by atoms with Crippen LogP contribution in [-0.2, 0) is 4.79 Å². The minimum absolute atomic E-state index is 0.0959. The van der Waals surface area contributed by atoms with Gasteiger partial charge in [-0.25, -0.2) is 0 Å². The monoisotopic (exact) mass is 185 g/mol. The standard InChI is InChI=1S/C9H15NO3/c1-5(10-13)6-4-7(8(11)12)9(6,2)3/h6-7,13H,4H2,1-3H3,(H,11,12)/b10-5+. The smallest absolute Gasteiger partial charge is 0.307 e. The summed E-state index contributed by atoms with van der Waals surface area (Å²) in [6.07, 6.45) is 0.582. The topological polar surface area (TPSA) is 69.9 Å². The van der Waals surface area contributed by atoms with Gasteiger partial charge in [-0.15, -0.1) is 0 Å². The molecule has 0 aromatic carbocycles. The van der Waals surface area contributed by atoms with Crippen molar-refractivity contribution in [1.29, 1.82) is 0 Å². The predicted molar refractivity (Wildman–Crippen MR) is 47.9 cm³/mol. The number of carboxylic acids is 1. The SMILES string of the molecule is C/C(=N\O)C1CC(C(=O)O)C1(C)C. The molecule has 0 amide bonds. The zero-order valence-corrected chi connectivity index (χ0v) is 8.11. The molecule has 4 nitrogen and oxygen atoms in total. The second kappa shape index (κ2) is 3.01. The fraction of sp³-hybridized carbons (Fsp3) is 0.778. The molecule has 1 fully saturated rings. The van der Waals surface area contributed by atoms with Gasteiger partial charge in [0, 0.05) is 5.92 Å². The lowest BCUT2D eigenvalue weighted by Gasteiger charge is -2.49. The lowest BCUT2D eigenvalue weighted by atomic mass is 9.53. The normalized spacial score (nSPS) is 32.4. The Morgan fingerprint density at radius 2 is 2.00 bits per heavy atom. The van der Waals surface area contributed by atoms with Gasteiger partial charge in [0.15, 0.2) is 0 Å². The van der Waals surface area contributed by atoms with E-state index < -0.39 is 5.97 Å². The van der Waals surface area contributed by atoms with Crippen LogP contribution in [0.4, 0.5) is 0 Å². The van der Waals surface area contributed by atoms with Gasteiger partial charge in [-0.05, 0) is 18.8 Å². The maximum absolute atomic E-state index is 10.8. The van der Waals surface area contributed by atoms with E-state index in [-0.39, 0.29) is 17.3 Å². The van der Waals surface area contributed by atoms with Crippen molar-refractivity contribution >= 4 is 11.7 Å². The van der Waals surface area contributed by atoms with Crippen molar-refractivity contribution in [3.63, 3.8) is 0 Å². The molecule has 2 unspecified atom stereocenters. The molecule has 0 aliphatic heterocycles. The van der Waals surface area contributed by atoms with Crippen LogP contribution in [0, 0.1) is 17.3 Å². The Labute approximate surface area is 77.3 Å². The summed E-state index contributed by atoms with van der Waals surface area (Å²) >= 11 is 0. The Balaban J connectivity index is 2.75. The highest BCUT2D eigenvalue weighted by molar-refractivity contribution is 5.88. The number of oxime groups is 1. The first kappa shape index (κ1) is 10.0. The zero-order chi connectivity index (χ0) is 10.2. The third-order valence-corrected chi connectivity index (χ3v) is 3.23. The number of nitrogens with zero attached hydrogens (tertiary/aromatic N) is 1. The number of rotatable bonds is 2. The van der Waals surface area contributed by atoms with Crippen molar-refractivity contribution < 1.29 is 15.1 Å². The van der Waals surface area contributed by atoms with E-state index in [4.69, 9.17) is 10.3 Å². The number of hydrogen-bond acceptors (Lipinski definition) is 3. The first-order valence-corrected chi connectivity index (χ1v) is 4.32. The lowest BCUT2D eigenvalue weighted by Crippen LogP contribution is -2.51. The van der Waals surface area contributed by atoms with Crippen LogP contribution >= 0.6 is 0 Å². The first-order chi connectivity index (χ1) is 5.91. The van der Waals surface area contributed by atoms with Gasteiger partial charge < -0.3 is 10.3 Å². The summed E-state index contributed by atoms with van der Waals surface area (Å²) in [6.45, 7) is 5.52. The van der Waals surface area contributed by atoms with Gasteiger partial charge in [-0.2, -0.15) is 0 Å². The van der Waals surface area contributed by atoms with Crippen molar-refractivity contribution in [1.82, 2.24) is 0 Å². The van der Waals surface area contributed by atoms with E-state index >= 15 is 0 Å². The van der Waals surface area contributed by atoms with Crippen LogP contribution in [0.15, 0.2) is 5.16 Å². The molecule has 0 heterocycles. The van der Waals surface area contributed by atoms with E-state index in [1.54, 1.807) is 6.92 Å². The minimum Gasteiger partial charge on any atom is -0.481 e. The molecule has 74 valence electrons. The van der Waals surface area contributed by atoms with Gasteiger partial charge >= 0.3 is 5.97 Å². The van der Waals surface area contributed by atoms with Gasteiger partial charge in [0.05, 0.1) is 11.6 Å². The molecule has 0 saturated heterocycles. The Kier molecular flexibility index (Phi) is 2.32. The van der Waals surface area contributed by atoms with Gasteiger partial charge in [-0.3, -0.25) is 4.79 Å². The predicted octanol–water partition coefficient (Wildman–Crippen LogP) is 1.58. The maximum Gasteiger partial charge on any atom is 0.307 e. The molecular weight excluding hydrogens is 170 g/mol. The molecule has 0 bridgehead atoms. The summed E-state index contributed by atoms with van der Waals surface area (Å²) in [5, 5.41) is 20.5. The zero-order valence-electron chi connectivity index (χ0n) is 8.11. The first-order valence-electron chi connectivity index (χ1n) is 4.32. The van der Waals surface area contributed by atoms with Crippen molar-refractivity contribution in [2.75, 3.05) is 0 Å². The maximum atomic E-state index is 10.8. The van der Waals surface area contributed by atoms with E-state index in [0.29, 0.717) is 12.1 Å². The molecule has 2 N–H and O–H groups in total. The van der Waals surface area contributed by atoms with E-state index in [2.05, 4.69) is 5.16 Å². The van der Waals surface area contributed by atoms with Gasteiger partial charge in [0.25, 0.3) is 0 Å². The quantitative estimate of drug-likeness (QED) is 0.390. The number of carbonyl (C=O) groups is 1. The van der Waals surface area contributed by atoms with Crippen LogP contribution in [0.25, 0.3) is 0 Å². The summed E-state index contributed by atoms with van der Waals surface area (Å²) in [6, 6.07) is 0. The highest BCUT2D eigenvalue weighted by atomic mass is 16.4. The molecule has 1 saturated carbocycles. The Morgan fingerprint density at radius 1 is 1.46 bits per heavy atom. The third kappa shape index (κ3) is 1.41. The fourth-order valence-electron chi connectivity index (χ4n) is 2.12. The number of carboxylic acid groups (broad SMARTS) is 1. The molecule has 1 aliphatic rings. The summed E-state index contributed by atoms with van der Waals surface area (Å²) in [5.74, 6) is -0.972. The van der Waals surface area contributed by atoms with Gasteiger partial charge in [-0.1, -0.05) is 19.0 Å². The second-order valence-corrected chi connectivity index (χ2v) is 4.24. The van der Waals surface area contributed by atoms with E-state index in [1.165, 1.54) is 0 Å². The van der Waals surface area contributed by atoms with Crippen LogP contribution in [0.3, 0.4) is 0 Å². The van der Waals surface area contributed by atoms with Crippen LogP contribution in [0.1, 0.15) is 27.2 Å². The summed E-state index contributed by atoms with van der Waals surface area (Å²) < 4.78 is 0. The van der Waals surface area contributed by atoms with E-state index in [1.807, 2.05) is 13.8 Å². The highest BCUT2D eigenvalue weighted by Crippen LogP contribution is 2.51. The second-order valence-electron chi connectivity index (χ2n) is 4.24. The molecular formula is C9H15NO3. The van der Waals surface area contributed by atoms with Crippen LogP contribution < -0.4 is 0 Å². The third-order valence-electron chi connectivity index (χ3n) is 3.23.